The van der Waals surface area contributed by atoms with E-state index < -0.39 is 11.7 Å². The molecular formula is C17H23Cl2NO4. The summed E-state index contributed by atoms with van der Waals surface area (Å²) in [5.74, 6) is 0.557. The summed E-state index contributed by atoms with van der Waals surface area (Å²) in [6.07, 6.45) is 0.801. The van der Waals surface area contributed by atoms with Gasteiger partial charge in [0.25, 0.3) is 0 Å². The molecule has 0 aliphatic carbocycles. The third kappa shape index (κ3) is 3.90. The van der Waals surface area contributed by atoms with Crippen molar-refractivity contribution in [1.82, 2.24) is 4.90 Å². The zero-order valence-corrected chi connectivity index (χ0v) is 15.8. The van der Waals surface area contributed by atoms with Crippen LogP contribution in [0.25, 0.3) is 0 Å². The highest BCUT2D eigenvalue weighted by Gasteiger charge is 2.42. The van der Waals surface area contributed by atoms with Crippen LogP contribution in [0.4, 0.5) is 4.79 Å². The number of hydrogen-bond acceptors (Lipinski definition) is 4. The summed E-state index contributed by atoms with van der Waals surface area (Å²) in [5.41, 5.74) is 0.0142. The molecule has 134 valence electrons. The van der Waals surface area contributed by atoms with E-state index >= 15 is 0 Å². The normalized spacial score (nSPS) is 21.0. The Bertz CT molecular complexity index is 615. The van der Waals surface area contributed by atoms with Gasteiger partial charge in [-0.3, -0.25) is 4.90 Å². The van der Waals surface area contributed by atoms with Crippen molar-refractivity contribution < 1.29 is 19.4 Å². The van der Waals surface area contributed by atoms with Gasteiger partial charge in [0.05, 0.1) is 35.8 Å². The average Bonchev–Trinajstić information content (AvgIpc) is 2.91. The standard InChI is InChI=1S/C17H23Cl2NO4/c1-17(2,3)24-16(22)20-10(9-21)5-7-12(20)14-13(23-4)8-6-11(18)15(14)19/h6,8,10,12,21H,5,7,9H2,1-4H3/t10-,12+/m0/s1. The predicted octanol–water partition coefficient (Wildman–Crippen LogP) is 4.43. The van der Waals surface area contributed by atoms with Crippen LogP contribution in [0.1, 0.15) is 45.2 Å². The van der Waals surface area contributed by atoms with Gasteiger partial charge < -0.3 is 14.6 Å². The monoisotopic (exact) mass is 375 g/mol. The number of ether oxygens (including phenoxy) is 2. The summed E-state index contributed by atoms with van der Waals surface area (Å²) < 4.78 is 10.9. The van der Waals surface area contributed by atoms with Gasteiger partial charge in [-0.2, -0.15) is 0 Å². The van der Waals surface area contributed by atoms with E-state index in [4.69, 9.17) is 32.7 Å². The summed E-state index contributed by atoms with van der Waals surface area (Å²) in [7, 11) is 1.54. The molecular weight excluding hydrogens is 353 g/mol. The molecule has 1 fully saturated rings. The van der Waals surface area contributed by atoms with Gasteiger partial charge in [0.2, 0.25) is 0 Å². The zero-order valence-electron chi connectivity index (χ0n) is 14.3. The number of carbonyl (C=O) groups excluding carboxylic acids is 1. The van der Waals surface area contributed by atoms with Gasteiger partial charge >= 0.3 is 6.09 Å². The van der Waals surface area contributed by atoms with Crippen molar-refractivity contribution in [2.24, 2.45) is 0 Å². The van der Waals surface area contributed by atoms with Crippen LogP contribution in [0.15, 0.2) is 12.1 Å². The second-order valence-electron chi connectivity index (χ2n) is 6.79. The minimum atomic E-state index is -0.632. The van der Waals surface area contributed by atoms with Crippen LogP contribution in [0.3, 0.4) is 0 Å². The Hall–Kier alpha value is -1.17. The number of halogens is 2. The van der Waals surface area contributed by atoms with E-state index in [9.17, 15) is 9.90 Å². The molecule has 5 nitrogen and oxygen atoms in total. The molecule has 1 aliphatic rings. The van der Waals surface area contributed by atoms with Crippen molar-refractivity contribution in [3.63, 3.8) is 0 Å². The Balaban J connectivity index is 2.45. The molecule has 0 radical (unpaired) electrons. The molecule has 24 heavy (non-hydrogen) atoms. The molecule has 1 aromatic rings. The maximum absolute atomic E-state index is 12.7. The Morgan fingerprint density at radius 1 is 1.33 bits per heavy atom. The SMILES string of the molecule is COc1ccc(Cl)c(Cl)c1[C@H]1CC[C@@H](CO)N1C(=O)OC(C)(C)C. The number of amides is 1. The molecule has 1 amide bonds. The van der Waals surface area contributed by atoms with E-state index in [1.165, 1.54) is 0 Å². The minimum absolute atomic E-state index is 0.143. The molecule has 1 aliphatic heterocycles. The fourth-order valence-corrected chi connectivity index (χ4v) is 3.42. The first-order valence-corrected chi connectivity index (χ1v) is 8.59. The van der Waals surface area contributed by atoms with Crippen molar-refractivity contribution in [3.8, 4) is 5.75 Å². The molecule has 1 saturated heterocycles. The van der Waals surface area contributed by atoms with E-state index in [2.05, 4.69) is 0 Å². The number of nitrogens with zero attached hydrogens (tertiary/aromatic N) is 1. The smallest absolute Gasteiger partial charge is 0.411 e. The van der Waals surface area contributed by atoms with Crippen LogP contribution in [0.2, 0.25) is 10.0 Å². The van der Waals surface area contributed by atoms with E-state index in [1.54, 1.807) is 44.9 Å². The van der Waals surface area contributed by atoms with Crippen molar-refractivity contribution >= 4 is 29.3 Å². The Morgan fingerprint density at radius 3 is 2.54 bits per heavy atom. The van der Waals surface area contributed by atoms with E-state index in [1.807, 2.05) is 0 Å². The Morgan fingerprint density at radius 2 is 2.00 bits per heavy atom. The third-order valence-corrected chi connectivity index (χ3v) is 4.78. The van der Waals surface area contributed by atoms with E-state index in [0.717, 1.165) is 0 Å². The number of likely N-dealkylation sites (tertiary alicyclic amines) is 1. The molecule has 7 heteroatoms. The number of methoxy groups -OCH3 is 1. The molecule has 2 atom stereocenters. The lowest BCUT2D eigenvalue weighted by molar-refractivity contribution is 0.00854. The van der Waals surface area contributed by atoms with Gasteiger partial charge in [-0.05, 0) is 45.7 Å². The second kappa shape index (κ2) is 7.38. The number of hydrogen-bond donors (Lipinski definition) is 1. The topological polar surface area (TPSA) is 59.0 Å². The molecule has 2 rings (SSSR count). The lowest BCUT2D eigenvalue weighted by Crippen LogP contribution is -2.42. The van der Waals surface area contributed by atoms with Crippen LogP contribution in [-0.4, -0.2) is 41.5 Å². The molecule has 1 heterocycles. The van der Waals surface area contributed by atoms with Gasteiger partial charge in [-0.15, -0.1) is 0 Å². The molecule has 0 aromatic heterocycles. The highest BCUT2D eigenvalue weighted by atomic mass is 35.5. The number of rotatable bonds is 3. The first-order chi connectivity index (χ1) is 11.2. The number of aliphatic hydroxyl groups is 1. The molecule has 0 spiro atoms. The van der Waals surface area contributed by atoms with Gasteiger partial charge in [0, 0.05) is 5.56 Å². The molecule has 0 bridgehead atoms. The summed E-state index contributed by atoms with van der Waals surface area (Å²) in [6, 6.07) is 2.69. The first-order valence-electron chi connectivity index (χ1n) is 7.83. The van der Waals surface area contributed by atoms with Crippen molar-refractivity contribution in [2.45, 2.75) is 51.3 Å². The van der Waals surface area contributed by atoms with Gasteiger partial charge in [-0.1, -0.05) is 23.2 Å². The lowest BCUT2D eigenvalue weighted by atomic mass is 10.0. The summed E-state index contributed by atoms with van der Waals surface area (Å²) >= 11 is 12.6. The Labute approximate surface area is 152 Å². The summed E-state index contributed by atoms with van der Waals surface area (Å²) in [6.45, 7) is 5.26. The van der Waals surface area contributed by atoms with Crippen molar-refractivity contribution in [1.29, 1.82) is 0 Å². The largest absolute Gasteiger partial charge is 0.496 e. The van der Waals surface area contributed by atoms with Gasteiger partial charge in [0.1, 0.15) is 11.4 Å². The average molecular weight is 376 g/mol. The van der Waals surface area contributed by atoms with Crippen LogP contribution < -0.4 is 4.74 Å². The highest BCUT2D eigenvalue weighted by molar-refractivity contribution is 6.42. The van der Waals surface area contributed by atoms with Gasteiger partial charge in [0.15, 0.2) is 0 Å². The van der Waals surface area contributed by atoms with Crippen molar-refractivity contribution in [2.75, 3.05) is 13.7 Å². The molecule has 0 saturated carbocycles. The number of carbonyl (C=O) groups is 1. The minimum Gasteiger partial charge on any atom is -0.496 e. The molecule has 1 aromatic carbocycles. The van der Waals surface area contributed by atoms with Crippen LogP contribution >= 0.6 is 23.2 Å². The van der Waals surface area contributed by atoms with Crippen molar-refractivity contribution in [3.05, 3.63) is 27.7 Å². The quantitative estimate of drug-likeness (QED) is 0.848. The fourth-order valence-electron chi connectivity index (χ4n) is 2.97. The highest BCUT2D eigenvalue weighted by Crippen LogP contribution is 2.46. The number of aliphatic hydroxyl groups excluding tert-OH is 1. The predicted molar refractivity (Wildman–Crippen MR) is 93.9 cm³/mol. The maximum atomic E-state index is 12.7. The van der Waals surface area contributed by atoms with Crippen LogP contribution in [-0.2, 0) is 4.74 Å². The van der Waals surface area contributed by atoms with E-state index in [-0.39, 0.29) is 18.7 Å². The maximum Gasteiger partial charge on any atom is 0.411 e. The van der Waals surface area contributed by atoms with Gasteiger partial charge in [-0.25, -0.2) is 4.79 Å². The summed E-state index contributed by atoms with van der Waals surface area (Å²) in [5, 5.41) is 10.4. The molecule has 0 unspecified atom stereocenters. The summed E-state index contributed by atoms with van der Waals surface area (Å²) in [4.78, 5) is 14.2. The second-order valence-corrected chi connectivity index (χ2v) is 7.58. The Kier molecular flexibility index (Phi) is 5.89. The fraction of sp³-hybridized carbons (Fsp3) is 0.588. The lowest BCUT2D eigenvalue weighted by Gasteiger charge is -2.33. The number of benzene rings is 1. The first kappa shape index (κ1) is 19.2. The zero-order chi connectivity index (χ0) is 18.1. The molecule has 1 N–H and O–H groups in total. The van der Waals surface area contributed by atoms with Crippen LogP contribution in [0, 0.1) is 0 Å². The van der Waals surface area contributed by atoms with Crippen LogP contribution in [0.5, 0.6) is 5.75 Å². The third-order valence-electron chi connectivity index (χ3n) is 3.96. The van der Waals surface area contributed by atoms with E-state index in [0.29, 0.717) is 34.2 Å².